The summed E-state index contributed by atoms with van der Waals surface area (Å²) in [4.78, 5) is 13.3. The Hall–Kier alpha value is -2.61. The maximum absolute atomic E-state index is 13.3. The maximum atomic E-state index is 13.3. The van der Waals surface area contributed by atoms with Crippen molar-refractivity contribution in [1.29, 1.82) is 0 Å². The Morgan fingerprint density at radius 3 is 2.30 bits per heavy atom. The fourth-order valence-corrected chi connectivity index (χ4v) is 11.6. The summed E-state index contributed by atoms with van der Waals surface area (Å²) < 4.78 is 6.26. The van der Waals surface area contributed by atoms with Crippen LogP contribution in [-0.2, 0) is 16.0 Å². The average Bonchev–Trinajstić information content (AvgIpc) is 3.40. The fourth-order valence-electron chi connectivity index (χ4n) is 11.6. The minimum atomic E-state index is -0.0344. The number of fused-ring (bicyclic) bond motifs is 7. The molecule has 0 bridgehead atoms. The van der Waals surface area contributed by atoms with Crippen molar-refractivity contribution in [3.63, 3.8) is 0 Å². The first-order valence-electron chi connectivity index (χ1n) is 19.0. The lowest BCUT2D eigenvalue weighted by Crippen LogP contribution is -2.51. The summed E-state index contributed by atoms with van der Waals surface area (Å²) in [6, 6.07) is 19.4. The minimum Gasteiger partial charge on any atom is -0.462 e. The van der Waals surface area contributed by atoms with E-state index >= 15 is 0 Å². The molecular formula is C44H58O2. The topological polar surface area (TPSA) is 26.3 Å². The Morgan fingerprint density at radius 2 is 1.59 bits per heavy atom. The molecule has 8 atom stereocenters. The number of aryl methyl sites for hydroxylation is 1. The number of carbonyl (C=O) groups excluding carboxylic acids is 1. The van der Waals surface area contributed by atoms with Gasteiger partial charge in [-0.3, -0.25) is 4.79 Å². The molecule has 3 aromatic rings. The second-order valence-corrected chi connectivity index (χ2v) is 16.9. The van der Waals surface area contributed by atoms with Crippen molar-refractivity contribution < 1.29 is 9.53 Å². The lowest BCUT2D eigenvalue weighted by Gasteiger charge is -2.58. The predicted octanol–water partition coefficient (Wildman–Crippen LogP) is 11.9. The number of esters is 1. The van der Waals surface area contributed by atoms with Gasteiger partial charge in [-0.25, -0.2) is 0 Å². The highest BCUT2D eigenvalue weighted by atomic mass is 16.5. The van der Waals surface area contributed by atoms with Crippen molar-refractivity contribution in [2.75, 3.05) is 0 Å². The highest BCUT2D eigenvalue weighted by Crippen LogP contribution is 2.67. The standard InChI is InChI=1S/C44H58O2/c1-29(2)11-10-12-30(3)39-20-21-40-38-18-17-33-28-34(23-25-43(33,4)41(38)24-26-44(39,40)5)46-42(45)22-19-37-35-15-8-6-13-31(35)27-32-14-7-9-16-36(32)37/h6-9,13-17,27,29-30,34,38-41H,10-12,18-26,28H2,1-5H3/t30-,34?,38+,39-,40+,41+,43+,44-/m1/s1. The van der Waals surface area contributed by atoms with E-state index < -0.39 is 0 Å². The van der Waals surface area contributed by atoms with Gasteiger partial charge in [0.15, 0.2) is 0 Å². The van der Waals surface area contributed by atoms with Crippen LogP contribution in [-0.4, -0.2) is 12.1 Å². The fraction of sp³-hybridized carbons (Fsp3) is 0.614. The van der Waals surface area contributed by atoms with Crippen LogP contribution in [0, 0.1) is 46.3 Å². The van der Waals surface area contributed by atoms with Gasteiger partial charge in [0.25, 0.3) is 0 Å². The maximum Gasteiger partial charge on any atom is 0.306 e. The molecular weight excluding hydrogens is 560 g/mol. The van der Waals surface area contributed by atoms with E-state index in [0.29, 0.717) is 11.8 Å². The Morgan fingerprint density at radius 1 is 0.870 bits per heavy atom. The number of rotatable bonds is 9. The predicted molar refractivity (Wildman–Crippen MR) is 193 cm³/mol. The molecule has 1 unspecified atom stereocenters. The molecule has 3 fully saturated rings. The van der Waals surface area contributed by atoms with E-state index in [4.69, 9.17) is 4.74 Å². The van der Waals surface area contributed by atoms with Crippen molar-refractivity contribution in [3.8, 4) is 0 Å². The Kier molecular flexibility index (Phi) is 8.88. The molecule has 3 aromatic carbocycles. The zero-order valence-electron chi connectivity index (χ0n) is 29.3. The molecule has 0 spiro atoms. The third-order valence-electron chi connectivity index (χ3n) is 14.0. The quantitative estimate of drug-likeness (QED) is 0.135. The van der Waals surface area contributed by atoms with Gasteiger partial charge in [-0.1, -0.05) is 114 Å². The lowest BCUT2D eigenvalue weighted by molar-refractivity contribution is -0.151. The van der Waals surface area contributed by atoms with Crippen LogP contribution in [0.3, 0.4) is 0 Å². The van der Waals surface area contributed by atoms with Crippen LogP contribution < -0.4 is 0 Å². The smallest absolute Gasteiger partial charge is 0.306 e. The molecule has 4 aliphatic carbocycles. The number of hydrogen-bond acceptors (Lipinski definition) is 2. The van der Waals surface area contributed by atoms with Crippen LogP contribution in [0.25, 0.3) is 21.5 Å². The van der Waals surface area contributed by atoms with E-state index in [2.05, 4.69) is 95.3 Å². The molecule has 0 amide bonds. The molecule has 246 valence electrons. The second kappa shape index (κ2) is 12.8. The van der Waals surface area contributed by atoms with Gasteiger partial charge in [0.05, 0.1) is 0 Å². The van der Waals surface area contributed by atoms with E-state index in [9.17, 15) is 4.79 Å². The van der Waals surface area contributed by atoms with Crippen LogP contribution in [0.4, 0.5) is 0 Å². The third-order valence-corrected chi connectivity index (χ3v) is 14.0. The van der Waals surface area contributed by atoms with Crippen LogP contribution in [0.2, 0.25) is 0 Å². The van der Waals surface area contributed by atoms with E-state index in [1.54, 1.807) is 5.57 Å². The Balaban J connectivity index is 0.993. The summed E-state index contributed by atoms with van der Waals surface area (Å²) in [6.45, 7) is 12.6. The molecule has 0 radical (unpaired) electrons. The zero-order valence-corrected chi connectivity index (χ0v) is 29.3. The molecule has 7 rings (SSSR count). The second-order valence-electron chi connectivity index (χ2n) is 16.9. The molecule has 0 aliphatic heterocycles. The van der Waals surface area contributed by atoms with Crippen molar-refractivity contribution >= 4 is 27.5 Å². The van der Waals surface area contributed by atoms with Gasteiger partial charge >= 0.3 is 5.97 Å². The van der Waals surface area contributed by atoms with Gasteiger partial charge in [-0.2, -0.15) is 0 Å². The van der Waals surface area contributed by atoms with Gasteiger partial charge in [0, 0.05) is 12.8 Å². The number of hydrogen-bond donors (Lipinski definition) is 0. The first-order valence-corrected chi connectivity index (χ1v) is 19.0. The molecule has 2 heteroatoms. The molecule has 46 heavy (non-hydrogen) atoms. The van der Waals surface area contributed by atoms with E-state index in [1.165, 1.54) is 84.9 Å². The summed E-state index contributed by atoms with van der Waals surface area (Å²) in [5.74, 6) is 5.09. The Bertz CT molecular complexity index is 1540. The van der Waals surface area contributed by atoms with Gasteiger partial charge in [-0.15, -0.1) is 0 Å². The zero-order chi connectivity index (χ0) is 32.1. The third kappa shape index (κ3) is 5.75. The van der Waals surface area contributed by atoms with Gasteiger partial charge in [0.2, 0.25) is 0 Å². The number of benzene rings is 3. The average molecular weight is 619 g/mol. The molecule has 3 saturated carbocycles. The SMILES string of the molecule is CC(C)CCC[C@@H](C)[C@H]1CC[C@H]2[C@@H]3CC=C4CC(OC(=O)CCc5c6ccccc6cc6ccccc56)CC[C@]4(C)[C@H]3CC[C@]12C. The molecule has 0 heterocycles. The summed E-state index contributed by atoms with van der Waals surface area (Å²) in [5, 5.41) is 4.99. The summed E-state index contributed by atoms with van der Waals surface area (Å²) in [5.41, 5.74) is 3.70. The largest absolute Gasteiger partial charge is 0.462 e. The molecule has 4 aliphatic rings. The lowest BCUT2D eigenvalue weighted by atomic mass is 9.47. The van der Waals surface area contributed by atoms with E-state index in [0.717, 1.165) is 54.8 Å². The highest BCUT2D eigenvalue weighted by molar-refractivity contribution is 6.02. The van der Waals surface area contributed by atoms with Gasteiger partial charge in [0.1, 0.15) is 6.10 Å². The molecule has 0 N–H and O–H groups in total. The van der Waals surface area contributed by atoms with Crippen LogP contribution in [0.15, 0.2) is 66.2 Å². The summed E-state index contributed by atoms with van der Waals surface area (Å²) >= 11 is 0. The summed E-state index contributed by atoms with van der Waals surface area (Å²) in [6.07, 6.45) is 18.1. The van der Waals surface area contributed by atoms with E-state index in [1.807, 2.05) is 0 Å². The number of carbonyl (C=O) groups is 1. The van der Waals surface area contributed by atoms with E-state index in [-0.39, 0.29) is 17.5 Å². The monoisotopic (exact) mass is 618 g/mol. The Labute approximate surface area is 278 Å². The van der Waals surface area contributed by atoms with Crippen LogP contribution in [0.1, 0.15) is 117 Å². The minimum absolute atomic E-state index is 0.0315. The number of allylic oxidation sites excluding steroid dienone is 1. The molecule has 0 aromatic heterocycles. The van der Waals surface area contributed by atoms with Crippen molar-refractivity contribution in [2.24, 2.45) is 46.3 Å². The van der Waals surface area contributed by atoms with Crippen LogP contribution >= 0.6 is 0 Å². The first-order chi connectivity index (χ1) is 22.2. The van der Waals surface area contributed by atoms with Crippen molar-refractivity contribution in [3.05, 3.63) is 71.8 Å². The van der Waals surface area contributed by atoms with Crippen LogP contribution in [0.5, 0.6) is 0 Å². The van der Waals surface area contributed by atoms with Gasteiger partial charge in [-0.05, 0) is 131 Å². The summed E-state index contributed by atoms with van der Waals surface area (Å²) in [7, 11) is 0. The molecule has 2 nitrogen and oxygen atoms in total. The normalized spacial score (nSPS) is 32.9. The molecule has 0 saturated heterocycles. The number of ether oxygens (including phenoxy) is 1. The van der Waals surface area contributed by atoms with Crippen molar-refractivity contribution in [1.82, 2.24) is 0 Å². The van der Waals surface area contributed by atoms with Crippen molar-refractivity contribution in [2.45, 2.75) is 124 Å². The van der Waals surface area contributed by atoms with Gasteiger partial charge < -0.3 is 4.74 Å². The highest BCUT2D eigenvalue weighted by Gasteiger charge is 2.59. The first kappa shape index (κ1) is 32.0.